The molecule has 2 aliphatic rings. The van der Waals surface area contributed by atoms with Crippen LogP contribution in [0.3, 0.4) is 0 Å². The highest BCUT2D eigenvalue weighted by molar-refractivity contribution is 6.23. The normalized spacial score (nSPS) is 16.1. The maximum Gasteiger partial charge on any atom is 0.336 e. The Morgan fingerprint density at radius 1 is 0.872 bits per heavy atom. The number of ether oxygens (including phenoxy) is 3. The summed E-state index contributed by atoms with van der Waals surface area (Å²) in [6.45, 7) is 2.19. The van der Waals surface area contributed by atoms with E-state index < -0.39 is 11.9 Å². The minimum atomic E-state index is -0.630. The lowest BCUT2D eigenvalue weighted by molar-refractivity contribution is -0.136. The van der Waals surface area contributed by atoms with Crippen molar-refractivity contribution in [2.75, 3.05) is 14.2 Å². The predicted molar refractivity (Wildman–Crippen MR) is 150 cm³/mol. The zero-order valence-corrected chi connectivity index (χ0v) is 21.9. The van der Waals surface area contributed by atoms with E-state index in [2.05, 4.69) is 23.5 Å². The SMILES string of the molecule is COC(=O)C1=C(C)NC2=C(C(=O)c3ccccc32)[C@@H]1c1ccc(OCc2cccc3ccccc23)c(OC)c1. The molecule has 1 aliphatic carbocycles. The number of carbonyl (C=O) groups excluding carboxylic acids is 2. The second kappa shape index (κ2) is 9.80. The average molecular weight is 518 g/mol. The summed E-state index contributed by atoms with van der Waals surface area (Å²) >= 11 is 0. The van der Waals surface area contributed by atoms with E-state index in [1.165, 1.54) is 7.11 Å². The second-order valence-corrected chi connectivity index (χ2v) is 9.59. The summed E-state index contributed by atoms with van der Waals surface area (Å²) in [6, 6.07) is 27.4. The fourth-order valence-corrected chi connectivity index (χ4v) is 5.60. The van der Waals surface area contributed by atoms with Crippen molar-refractivity contribution in [2.24, 2.45) is 0 Å². The monoisotopic (exact) mass is 517 g/mol. The Hall–Kier alpha value is -4.84. The van der Waals surface area contributed by atoms with Gasteiger partial charge in [0.05, 0.1) is 25.5 Å². The molecule has 0 amide bonds. The maximum absolute atomic E-state index is 13.6. The van der Waals surface area contributed by atoms with E-state index in [-0.39, 0.29) is 5.78 Å². The van der Waals surface area contributed by atoms with Crippen LogP contribution in [0.25, 0.3) is 16.5 Å². The van der Waals surface area contributed by atoms with Crippen molar-refractivity contribution >= 4 is 28.2 Å². The number of dihydropyridines is 1. The van der Waals surface area contributed by atoms with Gasteiger partial charge in [-0.25, -0.2) is 4.79 Å². The minimum Gasteiger partial charge on any atom is -0.493 e. The largest absolute Gasteiger partial charge is 0.493 e. The molecule has 1 atom stereocenters. The summed E-state index contributed by atoms with van der Waals surface area (Å²) in [7, 11) is 2.93. The number of fused-ring (bicyclic) bond motifs is 3. The molecule has 6 rings (SSSR count). The zero-order valence-electron chi connectivity index (χ0n) is 21.9. The Balaban J connectivity index is 1.39. The molecule has 1 N–H and O–H groups in total. The summed E-state index contributed by atoms with van der Waals surface area (Å²) < 4.78 is 17.1. The van der Waals surface area contributed by atoms with Gasteiger partial charge in [-0.3, -0.25) is 4.79 Å². The van der Waals surface area contributed by atoms with Gasteiger partial charge in [-0.2, -0.15) is 0 Å². The Bertz CT molecular complexity index is 1710. The lowest BCUT2D eigenvalue weighted by Crippen LogP contribution is -2.29. The van der Waals surface area contributed by atoms with Crippen LogP contribution in [-0.4, -0.2) is 26.0 Å². The van der Waals surface area contributed by atoms with Gasteiger partial charge in [0.25, 0.3) is 0 Å². The van der Waals surface area contributed by atoms with Crippen molar-refractivity contribution in [2.45, 2.75) is 19.4 Å². The van der Waals surface area contributed by atoms with Gasteiger partial charge in [-0.1, -0.05) is 72.8 Å². The van der Waals surface area contributed by atoms with Crippen LogP contribution in [0.5, 0.6) is 11.5 Å². The zero-order chi connectivity index (χ0) is 27.1. The van der Waals surface area contributed by atoms with Crippen LogP contribution in [0.1, 0.15) is 39.9 Å². The topological polar surface area (TPSA) is 73.9 Å². The number of hydrogen-bond acceptors (Lipinski definition) is 6. The predicted octanol–water partition coefficient (Wildman–Crippen LogP) is 6.17. The van der Waals surface area contributed by atoms with E-state index in [0.29, 0.717) is 40.5 Å². The number of Topliss-reactive ketones (excluding diaryl/α,β-unsaturated/α-hetero) is 1. The third-order valence-corrected chi connectivity index (χ3v) is 7.44. The highest BCUT2D eigenvalue weighted by Crippen LogP contribution is 2.48. The number of esters is 1. The molecule has 0 fully saturated rings. The Kier molecular flexibility index (Phi) is 6.15. The minimum absolute atomic E-state index is 0.109. The number of hydrogen-bond donors (Lipinski definition) is 1. The number of allylic oxidation sites excluding steroid dienone is 2. The molecule has 0 unspecified atom stereocenters. The van der Waals surface area contributed by atoms with Crippen LogP contribution in [0, 0.1) is 0 Å². The van der Waals surface area contributed by atoms with Crippen LogP contribution in [0.4, 0.5) is 0 Å². The van der Waals surface area contributed by atoms with Crippen molar-refractivity contribution in [3.05, 3.63) is 124 Å². The molecular weight excluding hydrogens is 490 g/mol. The van der Waals surface area contributed by atoms with Crippen molar-refractivity contribution in [1.82, 2.24) is 5.32 Å². The van der Waals surface area contributed by atoms with Gasteiger partial charge in [-0.15, -0.1) is 0 Å². The molecule has 0 spiro atoms. The maximum atomic E-state index is 13.6. The summed E-state index contributed by atoms with van der Waals surface area (Å²) in [4.78, 5) is 26.6. The quantitative estimate of drug-likeness (QED) is 0.309. The first kappa shape index (κ1) is 24.5. The molecule has 1 aliphatic heterocycles. The van der Waals surface area contributed by atoms with E-state index in [9.17, 15) is 9.59 Å². The average Bonchev–Trinajstić information content (AvgIpc) is 3.26. The summed E-state index contributed by atoms with van der Waals surface area (Å²) in [6.07, 6.45) is 0. The Morgan fingerprint density at radius 2 is 1.62 bits per heavy atom. The summed E-state index contributed by atoms with van der Waals surface area (Å²) in [5, 5.41) is 5.59. The molecule has 0 radical (unpaired) electrons. The van der Waals surface area contributed by atoms with Crippen LogP contribution in [0.15, 0.2) is 102 Å². The Labute approximate surface area is 226 Å². The molecular formula is C33H27NO5. The van der Waals surface area contributed by atoms with Crippen molar-refractivity contribution in [3.8, 4) is 11.5 Å². The molecule has 194 valence electrons. The number of nitrogens with one attached hydrogen (secondary N) is 1. The van der Waals surface area contributed by atoms with Gasteiger partial charge in [0.1, 0.15) is 6.61 Å². The first-order valence-corrected chi connectivity index (χ1v) is 12.7. The highest BCUT2D eigenvalue weighted by Gasteiger charge is 2.43. The molecule has 6 nitrogen and oxygen atoms in total. The fourth-order valence-electron chi connectivity index (χ4n) is 5.60. The lowest BCUT2D eigenvalue weighted by atomic mass is 9.79. The number of carbonyl (C=O) groups is 2. The first-order chi connectivity index (χ1) is 19.0. The van der Waals surface area contributed by atoms with E-state index >= 15 is 0 Å². The molecule has 0 aromatic heterocycles. The molecule has 4 aromatic carbocycles. The molecule has 4 aromatic rings. The van der Waals surface area contributed by atoms with Crippen molar-refractivity contribution in [3.63, 3.8) is 0 Å². The standard InChI is InChI=1S/C33H27NO5/c1-19-28(33(36)38-3)29(30-31(34-19)24-13-6-7-14-25(24)32(30)35)21-15-16-26(27(17-21)37-2)39-18-22-11-8-10-20-9-4-5-12-23(20)22/h4-17,29,34H,18H2,1-3H3/t29-/m1/s1. The van der Waals surface area contributed by atoms with Gasteiger partial charge < -0.3 is 19.5 Å². The molecule has 1 heterocycles. The molecule has 0 saturated heterocycles. The van der Waals surface area contributed by atoms with Gasteiger partial charge >= 0.3 is 5.97 Å². The Morgan fingerprint density at radius 3 is 2.41 bits per heavy atom. The highest BCUT2D eigenvalue weighted by atomic mass is 16.5. The molecule has 6 heteroatoms. The van der Waals surface area contributed by atoms with E-state index in [4.69, 9.17) is 14.2 Å². The van der Waals surface area contributed by atoms with Crippen LogP contribution in [-0.2, 0) is 16.1 Å². The number of methoxy groups -OCH3 is 2. The van der Waals surface area contributed by atoms with Crippen LogP contribution < -0.4 is 14.8 Å². The second-order valence-electron chi connectivity index (χ2n) is 9.59. The van der Waals surface area contributed by atoms with Crippen molar-refractivity contribution in [1.29, 1.82) is 0 Å². The van der Waals surface area contributed by atoms with Gasteiger partial charge in [0.2, 0.25) is 0 Å². The van der Waals surface area contributed by atoms with E-state index in [1.807, 2.05) is 73.7 Å². The van der Waals surface area contributed by atoms with Crippen LogP contribution in [0.2, 0.25) is 0 Å². The fraction of sp³-hybridized carbons (Fsp3) is 0.152. The van der Waals surface area contributed by atoms with Crippen LogP contribution >= 0.6 is 0 Å². The van der Waals surface area contributed by atoms with E-state index in [1.54, 1.807) is 7.11 Å². The van der Waals surface area contributed by atoms with E-state index in [0.717, 1.165) is 33.2 Å². The summed E-state index contributed by atoms with van der Waals surface area (Å²) in [5.74, 6) is -0.149. The number of ketones is 1. The van der Waals surface area contributed by atoms with Gasteiger partial charge in [-0.05, 0) is 41.0 Å². The molecule has 39 heavy (non-hydrogen) atoms. The molecule has 0 bridgehead atoms. The van der Waals surface area contributed by atoms with Gasteiger partial charge in [0, 0.05) is 28.3 Å². The molecule has 0 saturated carbocycles. The van der Waals surface area contributed by atoms with Crippen molar-refractivity contribution < 1.29 is 23.8 Å². The first-order valence-electron chi connectivity index (χ1n) is 12.7. The number of benzene rings is 4. The third kappa shape index (κ3) is 4.05. The summed E-state index contributed by atoms with van der Waals surface area (Å²) in [5.41, 5.74) is 5.52. The lowest BCUT2D eigenvalue weighted by Gasteiger charge is -2.29. The number of rotatable bonds is 6. The van der Waals surface area contributed by atoms with Gasteiger partial charge in [0.15, 0.2) is 17.3 Å². The third-order valence-electron chi connectivity index (χ3n) is 7.44. The smallest absolute Gasteiger partial charge is 0.336 e.